The van der Waals surface area contributed by atoms with Crippen LogP contribution in [0.15, 0.2) is 27.4 Å². The van der Waals surface area contributed by atoms with Crippen LogP contribution >= 0.6 is 0 Å². The third kappa shape index (κ3) is 3.21. The number of carbonyl (C=O) groups is 1. The Balaban J connectivity index is 2.38. The SMILES string of the molecule is CCC(C)CNC(=O)c1cc(=O)c2cc(F)cc(O)c2o1. The Bertz CT molecular complexity index is 738. The summed E-state index contributed by atoms with van der Waals surface area (Å²) in [6.07, 6.45) is 0.905. The molecule has 2 aromatic rings. The van der Waals surface area contributed by atoms with Crippen LogP contribution < -0.4 is 10.7 Å². The summed E-state index contributed by atoms with van der Waals surface area (Å²) in [6.45, 7) is 4.43. The molecule has 0 saturated carbocycles. The highest BCUT2D eigenvalue weighted by Gasteiger charge is 2.15. The minimum absolute atomic E-state index is 0.106. The molecule has 1 aromatic carbocycles. The molecule has 2 N–H and O–H groups in total. The van der Waals surface area contributed by atoms with Gasteiger partial charge in [0.2, 0.25) is 0 Å². The molecule has 0 aliphatic carbocycles. The van der Waals surface area contributed by atoms with Crippen molar-refractivity contribution in [3.63, 3.8) is 0 Å². The molecule has 0 spiro atoms. The maximum atomic E-state index is 13.2. The third-order valence-electron chi connectivity index (χ3n) is 3.31. The number of carbonyl (C=O) groups excluding carboxylic acids is 1. The van der Waals surface area contributed by atoms with E-state index in [1.165, 1.54) is 0 Å². The molecule has 0 aliphatic heterocycles. The Morgan fingerprint density at radius 1 is 1.43 bits per heavy atom. The first-order valence-electron chi connectivity index (χ1n) is 6.67. The fraction of sp³-hybridized carbons (Fsp3) is 0.333. The molecule has 0 fully saturated rings. The Hall–Kier alpha value is -2.37. The van der Waals surface area contributed by atoms with Crippen LogP contribution in [-0.4, -0.2) is 17.6 Å². The van der Waals surface area contributed by atoms with Gasteiger partial charge in [0.15, 0.2) is 22.5 Å². The summed E-state index contributed by atoms with van der Waals surface area (Å²) in [5, 5.41) is 12.2. The molecule has 0 radical (unpaired) electrons. The maximum absolute atomic E-state index is 13.2. The number of nitrogens with one attached hydrogen (secondary N) is 1. The summed E-state index contributed by atoms with van der Waals surface area (Å²) >= 11 is 0. The van der Waals surface area contributed by atoms with Crippen LogP contribution in [0.5, 0.6) is 5.75 Å². The van der Waals surface area contributed by atoms with E-state index in [1.54, 1.807) is 0 Å². The molecule has 21 heavy (non-hydrogen) atoms. The van der Waals surface area contributed by atoms with E-state index in [9.17, 15) is 19.1 Å². The van der Waals surface area contributed by atoms with Gasteiger partial charge in [-0.1, -0.05) is 20.3 Å². The second-order valence-electron chi connectivity index (χ2n) is 5.00. The Kier molecular flexibility index (Phi) is 4.26. The Labute approximate surface area is 120 Å². The molecule has 1 aromatic heterocycles. The largest absolute Gasteiger partial charge is 0.504 e. The molecule has 1 unspecified atom stereocenters. The van der Waals surface area contributed by atoms with E-state index < -0.39 is 22.9 Å². The molecule has 0 aliphatic rings. The van der Waals surface area contributed by atoms with Crippen LogP contribution in [0.4, 0.5) is 4.39 Å². The zero-order valence-corrected chi connectivity index (χ0v) is 11.8. The van der Waals surface area contributed by atoms with Gasteiger partial charge in [-0.25, -0.2) is 4.39 Å². The second-order valence-corrected chi connectivity index (χ2v) is 5.00. The lowest BCUT2D eigenvalue weighted by atomic mass is 10.1. The maximum Gasteiger partial charge on any atom is 0.287 e. The van der Waals surface area contributed by atoms with Gasteiger partial charge in [-0.2, -0.15) is 0 Å². The van der Waals surface area contributed by atoms with Gasteiger partial charge in [0, 0.05) is 18.7 Å². The van der Waals surface area contributed by atoms with Gasteiger partial charge in [0.25, 0.3) is 5.91 Å². The number of halogens is 1. The van der Waals surface area contributed by atoms with Gasteiger partial charge in [-0.05, 0) is 12.0 Å². The van der Waals surface area contributed by atoms with E-state index in [2.05, 4.69) is 5.32 Å². The van der Waals surface area contributed by atoms with E-state index in [4.69, 9.17) is 4.42 Å². The van der Waals surface area contributed by atoms with Gasteiger partial charge in [-0.15, -0.1) is 0 Å². The van der Waals surface area contributed by atoms with Crippen molar-refractivity contribution in [2.45, 2.75) is 20.3 Å². The van der Waals surface area contributed by atoms with Crippen molar-refractivity contribution in [3.05, 3.63) is 40.0 Å². The average Bonchev–Trinajstić information content (AvgIpc) is 2.45. The zero-order chi connectivity index (χ0) is 15.6. The van der Waals surface area contributed by atoms with Crippen molar-refractivity contribution in [1.29, 1.82) is 0 Å². The van der Waals surface area contributed by atoms with Crippen LogP contribution in [0.2, 0.25) is 0 Å². The topological polar surface area (TPSA) is 79.5 Å². The van der Waals surface area contributed by atoms with Crippen LogP contribution in [0.25, 0.3) is 11.0 Å². The first-order chi connectivity index (χ1) is 9.92. The van der Waals surface area contributed by atoms with Gasteiger partial charge < -0.3 is 14.8 Å². The molecule has 0 saturated heterocycles. The second kappa shape index (κ2) is 5.95. The number of benzene rings is 1. The summed E-state index contributed by atoms with van der Waals surface area (Å²) < 4.78 is 18.4. The van der Waals surface area contributed by atoms with Gasteiger partial charge in [-0.3, -0.25) is 9.59 Å². The number of rotatable bonds is 4. The van der Waals surface area contributed by atoms with Crippen LogP contribution in [0, 0.1) is 11.7 Å². The van der Waals surface area contributed by atoms with Crippen LogP contribution in [-0.2, 0) is 0 Å². The van der Waals surface area contributed by atoms with Gasteiger partial charge in [0.05, 0.1) is 5.39 Å². The fourth-order valence-corrected chi connectivity index (χ4v) is 1.82. The minimum Gasteiger partial charge on any atom is -0.504 e. The molecule has 6 heteroatoms. The lowest BCUT2D eigenvalue weighted by molar-refractivity contribution is 0.0920. The molecule has 0 bridgehead atoms. The highest BCUT2D eigenvalue weighted by Crippen LogP contribution is 2.24. The Morgan fingerprint density at radius 3 is 2.81 bits per heavy atom. The molecule has 1 amide bonds. The smallest absolute Gasteiger partial charge is 0.287 e. The number of aromatic hydroxyl groups is 1. The first kappa shape index (κ1) is 15.0. The van der Waals surface area contributed by atoms with Crippen LogP contribution in [0.3, 0.4) is 0 Å². The van der Waals surface area contributed by atoms with Crippen molar-refractivity contribution >= 4 is 16.9 Å². The highest BCUT2D eigenvalue weighted by molar-refractivity contribution is 5.93. The first-order valence-corrected chi connectivity index (χ1v) is 6.67. The molecule has 5 nitrogen and oxygen atoms in total. The van der Waals surface area contributed by atoms with Crippen LogP contribution in [0.1, 0.15) is 30.8 Å². The quantitative estimate of drug-likeness (QED) is 0.907. The summed E-state index contributed by atoms with van der Waals surface area (Å²) in [5.74, 6) is -1.72. The highest BCUT2D eigenvalue weighted by atomic mass is 19.1. The van der Waals surface area contributed by atoms with E-state index in [1.807, 2.05) is 13.8 Å². The van der Waals surface area contributed by atoms with E-state index >= 15 is 0 Å². The molecule has 112 valence electrons. The summed E-state index contributed by atoms with van der Waals surface area (Å²) in [7, 11) is 0. The molecule has 2 rings (SSSR count). The lowest BCUT2D eigenvalue weighted by Crippen LogP contribution is -2.28. The van der Waals surface area contributed by atoms with Crippen molar-refractivity contribution in [1.82, 2.24) is 5.32 Å². The Morgan fingerprint density at radius 2 is 2.14 bits per heavy atom. The number of amides is 1. The summed E-state index contributed by atoms with van der Waals surface area (Å²) in [4.78, 5) is 23.8. The van der Waals surface area contributed by atoms with E-state index in [-0.39, 0.29) is 16.7 Å². The normalized spacial score (nSPS) is 12.3. The van der Waals surface area contributed by atoms with Gasteiger partial charge in [0.1, 0.15) is 5.82 Å². The molecular weight excluding hydrogens is 277 g/mol. The number of fused-ring (bicyclic) bond motifs is 1. The standard InChI is InChI=1S/C15H16FNO4/c1-3-8(2)7-17-15(20)13-6-11(18)10-4-9(16)5-12(19)14(10)21-13/h4-6,8,19H,3,7H2,1-2H3,(H,17,20). The zero-order valence-electron chi connectivity index (χ0n) is 11.8. The van der Waals surface area contributed by atoms with E-state index in [0.29, 0.717) is 12.5 Å². The monoisotopic (exact) mass is 293 g/mol. The molecule has 1 heterocycles. The summed E-state index contributed by atoms with van der Waals surface area (Å²) in [5.41, 5.74) is -0.780. The third-order valence-corrected chi connectivity index (χ3v) is 3.31. The predicted octanol–water partition coefficient (Wildman–Crippen LogP) is 2.41. The molecule has 1 atom stereocenters. The number of phenolic OH excluding ortho intramolecular Hbond substituents is 1. The molecular formula is C15H16FNO4. The number of phenols is 1. The van der Waals surface area contributed by atoms with E-state index in [0.717, 1.165) is 24.6 Å². The predicted molar refractivity (Wildman–Crippen MR) is 75.9 cm³/mol. The summed E-state index contributed by atoms with van der Waals surface area (Å²) in [6, 6.07) is 2.78. The minimum atomic E-state index is -0.749. The number of hydrogen-bond acceptors (Lipinski definition) is 4. The lowest BCUT2D eigenvalue weighted by Gasteiger charge is -2.10. The fourth-order valence-electron chi connectivity index (χ4n) is 1.82. The van der Waals surface area contributed by atoms with Crippen molar-refractivity contribution < 1.29 is 18.7 Å². The number of hydrogen-bond donors (Lipinski definition) is 2. The average molecular weight is 293 g/mol. The van der Waals surface area contributed by atoms with Crippen molar-refractivity contribution in [2.75, 3.05) is 6.54 Å². The van der Waals surface area contributed by atoms with Crippen molar-refractivity contribution in [3.8, 4) is 5.75 Å². The van der Waals surface area contributed by atoms with Gasteiger partial charge >= 0.3 is 0 Å². The van der Waals surface area contributed by atoms with Crippen molar-refractivity contribution in [2.24, 2.45) is 5.92 Å².